The fourth-order valence-electron chi connectivity index (χ4n) is 2.97. The van der Waals surface area contributed by atoms with Crippen LogP contribution in [-0.2, 0) is 9.59 Å². The summed E-state index contributed by atoms with van der Waals surface area (Å²) in [6.45, 7) is 4.35. The van der Waals surface area contributed by atoms with Gasteiger partial charge in [0.1, 0.15) is 0 Å². The first-order valence-electron chi connectivity index (χ1n) is 7.99. The van der Waals surface area contributed by atoms with Crippen LogP contribution in [0.15, 0.2) is 36.4 Å². The molecule has 1 saturated heterocycles. The van der Waals surface area contributed by atoms with Crippen LogP contribution in [0.25, 0.3) is 0 Å². The van der Waals surface area contributed by atoms with Gasteiger partial charge in [0.15, 0.2) is 0 Å². The summed E-state index contributed by atoms with van der Waals surface area (Å²) in [7, 11) is 0. The van der Waals surface area contributed by atoms with Gasteiger partial charge in [-0.25, -0.2) is 0 Å². The van der Waals surface area contributed by atoms with E-state index in [1.807, 2.05) is 32.0 Å². The quantitative estimate of drug-likeness (QED) is 0.850. The van der Waals surface area contributed by atoms with Gasteiger partial charge in [0.2, 0.25) is 11.8 Å². The number of benzene rings is 2. The Bertz CT molecular complexity index is 851. The lowest BCUT2D eigenvalue weighted by Crippen LogP contribution is -2.28. The minimum absolute atomic E-state index is 0.0453. The molecule has 0 bridgehead atoms. The maximum absolute atomic E-state index is 12.5. The van der Waals surface area contributed by atoms with Crippen LogP contribution in [0.4, 0.5) is 11.4 Å². The average Bonchev–Trinajstić information content (AvgIpc) is 2.94. The largest absolute Gasteiger partial charge is 0.324 e. The van der Waals surface area contributed by atoms with Crippen LogP contribution in [0.5, 0.6) is 0 Å². The Morgan fingerprint density at radius 1 is 1.20 bits per heavy atom. The van der Waals surface area contributed by atoms with E-state index in [2.05, 4.69) is 5.32 Å². The van der Waals surface area contributed by atoms with Crippen molar-refractivity contribution in [2.45, 2.75) is 20.3 Å². The van der Waals surface area contributed by atoms with E-state index in [0.717, 1.165) is 16.8 Å². The van der Waals surface area contributed by atoms with Gasteiger partial charge in [0, 0.05) is 23.7 Å². The maximum atomic E-state index is 12.5. The maximum Gasteiger partial charge on any atom is 0.229 e. The third-order valence-electron chi connectivity index (χ3n) is 4.55. The molecule has 1 aliphatic rings. The van der Waals surface area contributed by atoms with E-state index in [1.165, 1.54) is 0 Å². The van der Waals surface area contributed by atoms with Crippen molar-refractivity contribution in [3.8, 4) is 0 Å². The Hall–Kier alpha value is -2.04. The van der Waals surface area contributed by atoms with Gasteiger partial charge in [-0.15, -0.1) is 0 Å². The van der Waals surface area contributed by atoms with Gasteiger partial charge in [-0.2, -0.15) is 0 Å². The van der Waals surface area contributed by atoms with Crippen LogP contribution in [-0.4, -0.2) is 18.4 Å². The van der Waals surface area contributed by atoms with Crippen molar-refractivity contribution in [2.75, 3.05) is 16.8 Å². The van der Waals surface area contributed by atoms with E-state index in [0.29, 0.717) is 22.3 Å². The fraction of sp³-hybridized carbons (Fsp3) is 0.263. The second kappa shape index (κ2) is 7.06. The minimum atomic E-state index is -0.417. The summed E-state index contributed by atoms with van der Waals surface area (Å²) in [5.74, 6) is -0.680. The number of amides is 2. The number of hydrogen-bond donors (Lipinski definition) is 1. The van der Waals surface area contributed by atoms with Crippen molar-refractivity contribution in [2.24, 2.45) is 5.92 Å². The molecule has 1 heterocycles. The lowest BCUT2D eigenvalue weighted by atomic mass is 10.1. The highest BCUT2D eigenvalue weighted by atomic mass is 35.5. The first-order chi connectivity index (χ1) is 11.9. The molecule has 0 radical (unpaired) electrons. The van der Waals surface area contributed by atoms with E-state index in [9.17, 15) is 9.59 Å². The molecule has 1 fully saturated rings. The Kier molecular flexibility index (Phi) is 5.02. The van der Waals surface area contributed by atoms with Crippen molar-refractivity contribution >= 4 is 46.4 Å². The second-order valence-electron chi connectivity index (χ2n) is 6.24. The molecule has 2 aromatic carbocycles. The van der Waals surface area contributed by atoms with Gasteiger partial charge in [-0.05, 0) is 49.2 Å². The summed E-state index contributed by atoms with van der Waals surface area (Å²) in [5, 5.41) is 3.66. The van der Waals surface area contributed by atoms with Crippen LogP contribution in [0, 0.1) is 19.8 Å². The number of anilines is 2. The molecule has 1 aliphatic heterocycles. The summed E-state index contributed by atoms with van der Waals surface area (Å²) >= 11 is 12.0. The van der Waals surface area contributed by atoms with Crippen LogP contribution in [0.1, 0.15) is 17.5 Å². The molecule has 1 atom stereocenters. The predicted molar refractivity (Wildman–Crippen MR) is 101 cm³/mol. The van der Waals surface area contributed by atoms with E-state index >= 15 is 0 Å². The number of rotatable bonds is 3. The van der Waals surface area contributed by atoms with Gasteiger partial charge in [-0.1, -0.05) is 35.3 Å². The van der Waals surface area contributed by atoms with Crippen LogP contribution in [0.2, 0.25) is 10.0 Å². The monoisotopic (exact) mass is 376 g/mol. The molecule has 130 valence electrons. The molecule has 0 aromatic heterocycles. The molecule has 2 amide bonds. The number of carbonyl (C=O) groups excluding carboxylic acids is 2. The Morgan fingerprint density at radius 3 is 2.68 bits per heavy atom. The number of nitrogens with zero attached hydrogens (tertiary/aromatic N) is 1. The molecule has 6 heteroatoms. The minimum Gasteiger partial charge on any atom is -0.324 e. The summed E-state index contributed by atoms with van der Waals surface area (Å²) < 4.78 is 0. The fourth-order valence-corrected chi connectivity index (χ4v) is 3.43. The topological polar surface area (TPSA) is 49.4 Å². The van der Waals surface area contributed by atoms with E-state index in [-0.39, 0.29) is 18.2 Å². The predicted octanol–water partition coefficient (Wildman–Crippen LogP) is 4.60. The first-order valence-corrected chi connectivity index (χ1v) is 8.75. The SMILES string of the molecule is Cc1cccc(N2CC(C(=O)Nc3ccc(Cl)cc3Cl)CC2=O)c1C. The smallest absolute Gasteiger partial charge is 0.229 e. The van der Waals surface area contributed by atoms with Crippen LogP contribution >= 0.6 is 23.2 Å². The van der Waals surface area contributed by atoms with Gasteiger partial charge in [0.25, 0.3) is 0 Å². The number of nitrogens with one attached hydrogen (secondary N) is 1. The van der Waals surface area contributed by atoms with Gasteiger partial charge < -0.3 is 10.2 Å². The summed E-state index contributed by atoms with van der Waals surface area (Å²) in [4.78, 5) is 26.7. The normalized spacial score (nSPS) is 17.0. The average molecular weight is 377 g/mol. The van der Waals surface area contributed by atoms with Crippen molar-refractivity contribution in [1.29, 1.82) is 0 Å². The molecular formula is C19H18Cl2N2O2. The molecule has 1 unspecified atom stereocenters. The third-order valence-corrected chi connectivity index (χ3v) is 5.10. The Morgan fingerprint density at radius 2 is 1.96 bits per heavy atom. The molecule has 0 aliphatic carbocycles. The van der Waals surface area contributed by atoms with Gasteiger partial charge in [0.05, 0.1) is 16.6 Å². The zero-order chi connectivity index (χ0) is 18.1. The molecule has 0 spiro atoms. The molecular weight excluding hydrogens is 359 g/mol. The second-order valence-corrected chi connectivity index (χ2v) is 7.08. The number of carbonyl (C=O) groups is 2. The highest BCUT2D eigenvalue weighted by Gasteiger charge is 2.36. The highest BCUT2D eigenvalue weighted by molar-refractivity contribution is 6.36. The van der Waals surface area contributed by atoms with Gasteiger partial charge in [-0.3, -0.25) is 9.59 Å². The lowest BCUT2D eigenvalue weighted by Gasteiger charge is -2.20. The summed E-state index contributed by atoms with van der Waals surface area (Å²) in [5.41, 5.74) is 3.53. The van der Waals surface area contributed by atoms with E-state index < -0.39 is 5.92 Å². The molecule has 25 heavy (non-hydrogen) atoms. The van der Waals surface area contributed by atoms with Crippen LogP contribution < -0.4 is 10.2 Å². The summed E-state index contributed by atoms with van der Waals surface area (Å²) in [6.07, 6.45) is 0.185. The van der Waals surface area contributed by atoms with Crippen molar-refractivity contribution < 1.29 is 9.59 Å². The highest BCUT2D eigenvalue weighted by Crippen LogP contribution is 2.31. The third kappa shape index (κ3) is 3.65. The van der Waals surface area contributed by atoms with E-state index in [1.54, 1.807) is 23.1 Å². The molecule has 3 rings (SSSR count). The molecule has 4 nitrogen and oxygen atoms in total. The van der Waals surface area contributed by atoms with E-state index in [4.69, 9.17) is 23.2 Å². The standard InChI is InChI=1S/C19H18Cl2N2O2/c1-11-4-3-5-17(12(11)2)23-10-13(8-18(23)24)19(25)22-16-7-6-14(20)9-15(16)21/h3-7,9,13H,8,10H2,1-2H3,(H,22,25). The van der Waals surface area contributed by atoms with Crippen LogP contribution in [0.3, 0.4) is 0 Å². The molecule has 0 saturated carbocycles. The Balaban J connectivity index is 1.75. The van der Waals surface area contributed by atoms with Crippen molar-refractivity contribution in [3.05, 3.63) is 57.6 Å². The van der Waals surface area contributed by atoms with Gasteiger partial charge >= 0.3 is 0 Å². The molecule has 2 aromatic rings. The Labute approximate surface area is 156 Å². The zero-order valence-corrected chi connectivity index (χ0v) is 15.5. The summed E-state index contributed by atoms with van der Waals surface area (Å²) in [6, 6.07) is 10.7. The van der Waals surface area contributed by atoms with Crippen molar-refractivity contribution in [1.82, 2.24) is 0 Å². The number of hydrogen-bond acceptors (Lipinski definition) is 2. The zero-order valence-electron chi connectivity index (χ0n) is 14.0. The number of halogens is 2. The van der Waals surface area contributed by atoms with Crippen molar-refractivity contribution in [3.63, 3.8) is 0 Å². The number of aryl methyl sites for hydroxylation is 1. The first kappa shape index (κ1) is 17.8. The lowest BCUT2D eigenvalue weighted by molar-refractivity contribution is -0.122. The molecule has 1 N–H and O–H groups in total.